The monoisotopic (exact) mass is 551 g/mol. The van der Waals surface area contributed by atoms with Crippen molar-refractivity contribution in [3.05, 3.63) is 146 Å². The van der Waals surface area contributed by atoms with E-state index in [-0.39, 0.29) is 0 Å². The Balaban J connectivity index is 1.42. The summed E-state index contributed by atoms with van der Waals surface area (Å²) in [4.78, 5) is 15.7. The van der Waals surface area contributed by atoms with Crippen LogP contribution in [0.25, 0.3) is 61.1 Å². The Morgan fingerprint density at radius 3 is 2.02 bits per heavy atom. The number of rotatable bonds is 3. The Morgan fingerprint density at radius 1 is 0.535 bits per heavy atom. The Hall–Kier alpha value is -5.94. The van der Waals surface area contributed by atoms with Crippen molar-refractivity contribution >= 4 is 38.9 Å². The van der Waals surface area contributed by atoms with Crippen LogP contribution in [0, 0.1) is 0 Å². The highest BCUT2D eigenvalue weighted by Gasteiger charge is 2.32. The minimum Gasteiger partial charge on any atom is -0.361 e. The van der Waals surface area contributed by atoms with Gasteiger partial charge in [-0.15, -0.1) is 0 Å². The molecule has 1 aliphatic rings. The molecule has 1 aliphatic heterocycles. The summed E-state index contributed by atoms with van der Waals surface area (Å²) in [5.41, 5.74) is 10.0. The number of para-hydroxylation sites is 3. The second kappa shape index (κ2) is 9.29. The quantitative estimate of drug-likeness (QED) is 0.238. The van der Waals surface area contributed by atoms with E-state index in [9.17, 15) is 0 Å². The number of nitrogens with one attached hydrogen (secondary N) is 1. The second-order valence-electron chi connectivity index (χ2n) is 10.8. The summed E-state index contributed by atoms with van der Waals surface area (Å²) in [7, 11) is 0. The first-order chi connectivity index (χ1) is 21.4. The minimum atomic E-state index is 0.888. The SMILES string of the molecule is c1ccc(-n2c3c(c4ccccc42)-c2ccccc2N(c2ncc(-c4ccc[nH]4)c4ccccc24)c2ccccc2-3)nc1. The van der Waals surface area contributed by atoms with E-state index in [1.54, 1.807) is 0 Å². The molecule has 202 valence electrons. The van der Waals surface area contributed by atoms with Crippen molar-refractivity contribution in [2.75, 3.05) is 4.90 Å². The maximum atomic E-state index is 5.20. The van der Waals surface area contributed by atoms with Gasteiger partial charge < -0.3 is 4.98 Å². The highest BCUT2D eigenvalue weighted by Crippen LogP contribution is 2.54. The van der Waals surface area contributed by atoms with Crippen LogP contribution in [0.5, 0.6) is 0 Å². The zero-order valence-corrected chi connectivity index (χ0v) is 23.1. The van der Waals surface area contributed by atoms with Crippen LogP contribution in [0.4, 0.5) is 17.2 Å². The molecule has 0 saturated carbocycles. The van der Waals surface area contributed by atoms with Crippen molar-refractivity contribution in [1.29, 1.82) is 0 Å². The number of fused-ring (bicyclic) bond motifs is 8. The predicted molar refractivity (Wildman–Crippen MR) is 175 cm³/mol. The summed E-state index contributed by atoms with van der Waals surface area (Å²) in [6, 6.07) is 44.8. The molecule has 5 nitrogen and oxygen atoms in total. The molecule has 0 amide bonds. The molecule has 4 aromatic carbocycles. The van der Waals surface area contributed by atoms with Crippen LogP contribution in [0.15, 0.2) is 146 Å². The average molecular weight is 552 g/mol. The number of anilines is 3. The summed E-state index contributed by atoms with van der Waals surface area (Å²) in [6.07, 6.45) is 5.81. The maximum Gasteiger partial charge on any atom is 0.145 e. The van der Waals surface area contributed by atoms with E-state index in [4.69, 9.17) is 9.97 Å². The van der Waals surface area contributed by atoms with Crippen LogP contribution in [0.1, 0.15) is 0 Å². The highest BCUT2D eigenvalue weighted by molar-refractivity contribution is 6.14. The third kappa shape index (κ3) is 3.45. The molecule has 0 atom stereocenters. The topological polar surface area (TPSA) is 49.7 Å². The molecule has 5 heteroatoms. The fourth-order valence-electron chi connectivity index (χ4n) is 6.67. The molecule has 9 rings (SSSR count). The van der Waals surface area contributed by atoms with Gasteiger partial charge in [0, 0.05) is 57.3 Å². The Kier molecular flexibility index (Phi) is 5.13. The van der Waals surface area contributed by atoms with Gasteiger partial charge in [-0.3, -0.25) is 9.47 Å². The van der Waals surface area contributed by atoms with Crippen LogP contribution in [-0.4, -0.2) is 19.5 Å². The zero-order valence-electron chi connectivity index (χ0n) is 23.1. The van der Waals surface area contributed by atoms with Crippen molar-refractivity contribution in [1.82, 2.24) is 19.5 Å². The van der Waals surface area contributed by atoms with Crippen LogP contribution in [0.2, 0.25) is 0 Å². The van der Waals surface area contributed by atoms with E-state index < -0.39 is 0 Å². The molecular weight excluding hydrogens is 526 g/mol. The van der Waals surface area contributed by atoms with Gasteiger partial charge in [0.2, 0.25) is 0 Å². The first kappa shape index (κ1) is 23.7. The van der Waals surface area contributed by atoms with Gasteiger partial charge in [-0.25, -0.2) is 9.97 Å². The third-order valence-electron chi connectivity index (χ3n) is 8.44. The molecule has 5 heterocycles. The van der Waals surface area contributed by atoms with E-state index in [2.05, 4.69) is 124 Å². The van der Waals surface area contributed by atoms with Gasteiger partial charge in [-0.1, -0.05) is 84.9 Å². The number of aromatic nitrogens is 4. The number of benzene rings is 4. The van der Waals surface area contributed by atoms with Crippen molar-refractivity contribution in [2.45, 2.75) is 0 Å². The number of hydrogen-bond acceptors (Lipinski definition) is 3. The van der Waals surface area contributed by atoms with E-state index in [1.807, 2.05) is 36.8 Å². The van der Waals surface area contributed by atoms with Gasteiger partial charge in [0.15, 0.2) is 0 Å². The number of H-pyrrole nitrogens is 1. The van der Waals surface area contributed by atoms with E-state index >= 15 is 0 Å². The number of nitrogens with zero attached hydrogens (tertiary/aromatic N) is 4. The van der Waals surface area contributed by atoms with E-state index in [0.29, 0.717) is 0 Å². The molecule has 0 bridgehead atoms. The number of aromatic amines is 1. The fourth-order valence-corrected chi connectivity index (χ4v) is 6.67. The lowest BCUT2D eigenvalue weighted by Crippen LogP contribution is -2.13. The lowest BCUT2D eigenvalue weighted by Gasteiger charge is -2.28. The maximum absolute atomic E-state index is 5.20. The van der Waals surface area contributed by atoms with Gasteiger partial charge in [0.25, 0.3) is 0 Å². The summed E-state index contributed by atoms with van der Waals surface area (Å²) in [5.74, 6) is 1.78. The predicted octanol–water partition coefficient (Wildman–Crippen LogP) is 9.69. The van der Waals surface area contributed by atoms with E-state index in [0.717, 1.165) is 67.4 Å². The number of pyridine rings is 2. The molecule has 0 spiro atoms. The largest absolute Gasteiger partial charge is 0.361 e. The molecule has 4 aromatic heterocycles. The summed E-state index contributed by atoms with van der Waals surface area (Å²) < 4.78 is 2.31. The van der Waals surface area contributed by atoms with Crippen LogP contribution >= 0.6 is 0 Å². The van der Waals surface area contributed by atoms with Crippen LogP contribution in [0.3, 0.4) is 0 Å². The molecule has 0 fully saturated rings. The zero-order chi connectivity index (χ0) is 28.3. The Bertz CT molecular complexity index is 2300. The number of hydrogen-bond donors (Lipinski definition) is 1. The lowest BCUT2D eigenvalue weighted by molar-refractivity contribution is 1.05. The minimum absolute atomic E-state index is 0.888. The molecule has 0 unspecified atom stereocenters. The second-order valence-corrected chi connectivity index (χ2v) is 10.8. The lowest BCUT2D eigenvalue weighted by atomic mass is 9.98. The van der Waals surface area contributed by atoms with Crippen LogP contribution in [-0.2, 0) is 0 Å². The molecule has 0 radical (unpaired) electrons. The first-order valence-corrected chi connectivity index (χ1v) is 14.4. The highest BCUT2D eigenvalue weighted by atomic mass is 15.2. The van der Waals surface area contributed by atoms with Crippen LogP contribution < -0.4 is 4.90 Å². The van der Waals surface area contributed by atoms with E-state index in [1.165, 1.54) is 10.9 Å². The smallest absolute Gasteiger partial charge is 0.145 e. The molecular formula is C38H25N5. The van der Waals surface area contributed by atoms with Crippen molar-refractivity contribution < 1.29 is 0 Å². The first-order valence-electron chi connectivity index (χ1n) is 14.4. The third-order valence-corrected chi connectivity index (χ3v) is 8.44. The summed E-state index contributed by atoms with van der Waals surface area (Å²) in [6.45, 7) is 0. The molecule has 1 N–H and O–H groups in total. The van der Waals surface area contributed by atoms with Gasteiger partial charge in [0.05, 0.1) is 22.6 Å². The average Bonchev–Trinajstić information content (AvgIpc) is 3.70. The Labute approximate surface area is 248 Å². The van der Waals surface area contributed by atoms with Crippen molar-refractivity contribution in [3.8, 4) is 39.5 Å². The standard InChI is InChI=1S/C38H25N5/c1-2-13-26-25(12-1)30(31-17-11-23-39-31)24-41-38(26)42-32-18-6-3-14-27(32)36-28-15-4-7-19-33(28)43(35-21-9-10-22-40-35)37(36)29-16-5-8-20-34(29)42/h1-24,39H. The normalized spacial score (nSPS) is 12.1. The molecule has 43 heavy (non-hydrogen) atoms. The molecule has 8 aromatic rings. The summed E-state index contributed by atoms with van der Waals surface area (Å²) in [5, 5.41) is 3.42. The Morgan fingerprint density at radius 2 is 1.23 bits per heavy atom. The summed E-state index contributed by atoms with van der Waals surface area (Å²) >= 11 is 0. The van der Waals surface area contributed by atoms with Gasteiger partial charge in [0.1, 0.15) is 11.6 Å². The van der Waals surface area contributed by atoms with Gasteiger partial charge >= 0.3 is 0 Å². The molecule has 0 aliphatic carbocycles. The van der Waals surface area contributed by atoms with Crippen molar-refractivity contribution in [3.63, 3.8) is 0 Å². The fraction of sp³-hybridized carbons (Fsp3) is 0. The van der Waals surface area contributed by atoms with Gasteiger partial charge in [-0.05, 0) is 47.9 Å². The van der Waals surface area contributed by atoms with Crippen molar-refractivity contribution in [2.24, 2.45) is 0 Å². The van der Waals surface area contributed by atoms with Gasteiger partial charge in [-0.2, -0.15) is 0 Å². The molecule has 0 saturated heterocycles.